The monoisotopic (exact) mass is 658 g/mol. The molecular weight excluding hydrogens is 627 g/mol. The molecule has 242 valence electrons. The van der Waals surface area contributed by atoms with E-state index in [1.165, 1.54) is 35.4 Å². The van der Waals surface area contributed by atoms with Crippen LogP contribution in [-0.2, 0) is 17.6 Å². The number of carbonyl (C=O) groups is 4. The molecule has 0 aliphatic carbocycles. The highest BCUT2D eigenvalue weighted by atomic mass is 35.5. The number of nitrogens with one attached hydrogen (secondary N) is 1. The molecule has 47 heavy (non-hydrogen) atoms. The first-order valence-corrected chi connectivity index (χ1v) is 15.6. The molecule has 0 radical (unpaired) electrons. The summed E-state index contributed by atoms with van der Waals surface area (Å²) in [4.78, 5) is 56.6. The van der Waals surface area contributed by atoms with E-state index >= 15 is 0 Å². The lowest BCUT2D eigenvalue weighted by molar-refractivity contribution is -0.123. The summed E-state index contributed by atoms with van der Waals surface area (Å²) in [5.41, 5.74) is 2.23. The van der Waals surface area contributed by atoms with Gasteiger partial charge in [-0.05, 0) is 86.4 Å². The summed E-state index contributed by atoms with van der Waals surface area (Å²) in [6.45, 7) is 1.87. The average molecular weight is 659 g/mol. The summed E-state index contributed by atoms with van der Waals surface area (Å²) < 4.78 is 15.8. The molecule has 1 unspecified atom stereocenters. The van der Waals surface area contributed by atoms with E-state index in [1.807, 2.05) is 7.05 Å². The normalized spacial score (nSPS) is 16.8. The lowest BCUT2D eigenvalue weighted by Crippen LogP contribution is -2.46. The summed E-state index contributed by atoms with van der Waals surface area (Å²) in [6, 6.07) is 14.5. The highest BCUT2D eigenvalue weighted by Gasteiger charge is 2.38. The maximum absolute atomic E-state index is 14.7. The Labute approximate surface area is 274 Å². The highest BCUT2D eigenvalue weighted by molar-refractivity contribution is 6.30. The standard InChI is InChI=1S/C34H32ClFN6O5/c1-40-15-12-22(13-16-40)37-32(44)25-5-2-4-24-23(25)14-17-41(31(24)29(43)18-20-8-10-21(11-9-20)34(46)47)33(45)27-19-42(39-38-27)28-7-3-6-26(35)30(28)36/h2-11,19,22,31H,12-18H2,1H3,(H,37,44)(H,46,47). The Bertz CT molecular complexity index is 1850. The van der Waals surface area contributed by atoms with Gasteiger partial charge in [0.25, 0.3) is 11.8 Å². The number of ketones is 1. The molecule has 13 heteroatoms. The fourth-order valence-electron chi connectivity index (χ4n) is 6.22. The van der Waals surface area contributed by atoms with E-state index in [2.05, 4.69) is 20.5 Å². The number of piperidine rings is 1. The van der Waals surface area contributed by atoms with Crippen LogP contribution in [0, 0.1) is 5.82 Å². The Morgan fingerprint density at radius 1 is 1.00 bits per heavy atom. The third-order valence-electron chi connectivity index (χ3n) is 8.76. The van der Waals surface area contributed by atoms with Gasteiger partial charge in [-0.1, -0.05) is 47.1 Å². The predicted octanol–water partition coefficient (Wildman–Crippen LogP) is 4.13. The van der Waals surface area contributed by atoms with Crippen molar-refractivity contribution in [3.63, 3.8) is 0 Å². The Balaban J connectivity index is 1.33. The van der Waals surface area contributed by atoms with Crippen molar-refractivity contribution in [3.8, 4) is 5.69 Å². The van der Waals surface area contributed by atoms with Crippen molar-refractivity contribution in [3.05, 3.63) is 111 Å². The van der Waals surface area contributed by atoms with E-state index < -0.39 is 23.7 Å². The molecule has 2 amide bonds. The second-order valence-electron chi connectivity index (χ2n) is 11.8. The minimum absolute atomic E-state index is 0.00531. The van der Waals surface area contributed by atoms with Crippen molar-refractivity contribution in [2.75, 3.05) is 26.7 Å². The maximum Gasteiger partial charge on any atom is 0.335 e. The van der Waals surface area contributed by atoms with Gasteiger partial charge in [0, 0.05) is 24.6 Å². The number of carboxylic acids is 1. The van der Waals surface area contributed by atoms with Crippen molar-refractivity contribution in [2.45, 2.75) is 37.8 Å². The lowest BCUT2D eigenvalue weighted by Gasteiger charge is -2.37. The number of Topliss-reactive ketones (excluding diaryl/α,β-unsaturated/α-hetero) is 1. The first-order valence-electron chi connectivity index (χ1n) is 15.2. The van der Waals surface area contributed by atoms with Gasteiger partial charge in [-0.2, -0.15) is 0 Å². The zero-order chi connectivity index (χ0) is 33.2. The number of amides is 2. The summed E-state index contributed by atoms with van der Waals surface area (Å²) in [5.74, 6) is -2.96. The lowest BCUT2D eigenvalue weighted by atomic mass is 9.85. The quantitative estimate of drug-likeness (QED) is 0.288. The molecule has 3 aromatic carbocycles. The third-order valence-corrected chi connectivity index (χ3v) is 9.05. The number of rotatable bonds is 8. The Morgan fingerprint density at radius 3 is 2.45 bits per heavy atom. The molecule has 3 heterocycles. The summed E-state index contributed by atoms with van der Waals surface area (Å²) >= 11 is 5.93. The summed E-state index contributed by atoms with van der Waals surface area (Å²) in [7, 11) is 2.05. The van der Waals surface area contributed by atoms with E-state index in [0.717, 1.165) is 30.6 Å². The fraction of sp³-hybridized carbons (Fsp3) is 0.294. The molecule has 0 bridgehead atoms. The van der Waals surface area contributed by atoms with Gasteiger partial charge in [0.2, 0.25) is 0 Å². The summed E-state index contributed by atoms with van der Waals surface area (Å²) in [6.07, 6.45) is 3.17. The Kier molecular flexibility index (Phi) is 9.15. The van der Waals surface area contributed by atoms with Crippen LogP contribution < -0.4 is 5.32 Å². The van der Waals surface area contributed by atoms with Crippen LogP contribution in [0.15, 0.2) is 66.9 Å². The van der Waals surface area contributed by atoms with Gasteiger partial charge in [0.15, 0.2) is 17.3 Å². The number of fused-ring (bicyclic) bond motifs is 1. The molecule has 2 aliphatic heterocycles. The van der Waals surface area contributed by atoms with E-state index in [4.69, 9.17) is 11.6 Å². The second-order valence-corrected chi connectivity index (χ2v) is 12.2. The number of carbonyl (C=O) groups excluding carboxylic acids is 3. The maximum atomic E-state index is 14.7. The predicted molar refractivity (Wildman–Crippen MR) is 170 cm³/mol. The zero-order valence-corrected chi connectivity index (χ0v) is 26.3. The molecular formula is C34H32ClFN6O5. The van der Waals surface area contributed by atoms with Crippen molar-refractivity contribution in [2.24, 2.45) is 0 Å². The van der Waals surface area contributed by atoms with Crippen LogP contribution in [-0.4, -0.2) is 86.2 Å². The van der Waals surface area contributed by atoms with Gasteiger partial charge < -0.3 is 20.2 Å². The average Bonchev–Trinajstić information content (AvgIpc) is 3.56. The van der Waals surface area contributed by atoms with Crippen molar-refractivity contribution < 1.29 is 28.7 Å². The molecule has 1 fully saturated rings. The number of hydrogen-bond donors (Lipinski definition) is 2. The van der Waals surface area contributed by atoms with Crippen molar-refractivity contribution in [1.29, 1.82) is 0 Å². The number of carboxylic acid groups (broad SMARTS) is 1. The van der Waals surface area contributed by atoms with Gasteiger partial charge >= 0.3 is 5.97 Å². The van der Waals surface area contributed by atoms with Crippen molar-refractivity contribution in [1.82, 2.24) is 30.1 Å². The number of aromatic carboxylic acids is 1. The van der Waals surface area contributed by atoms with Crippen LogP contribution in [0.4, 0.5) is 4.39 Å². The fourth-order valence-corrected chi connectivity index (χ4v) is 6.39. The number of aromatic nitrogens is 3. The number of hydrogen-bond acceptors (Lipinski definition) is 7. The number of likely N-dealkylation sites (tertiary alicyclic amines) is 1. The third kappa shape index (κ3) is 6.65. The van der Waals surface area contributed by atoms with Crippen LogP contribution in [0.25, 0.3) is 5.69 Å². The second kappa shape index (κ2) is 13.4. The number of benzene rings is 3. The van der Waals surface area contributed by atoms with Crippen LogP contribution in [0.2, 0.25) is 5.02 Å². The van der Waals surface area contributed by atoms with Crippen LogP contribution in [0.3, 0.4) is 0 Å². The zero-order valence-electron chi connectivity index (χ0n) is 25.5. The van der Waals surface area contributed by atoms with E-state index in [1.54, 1.807) is 36.4 Å². The van der Waals surface area contributed by atoms with E-state index in [9.17, 15) is 28.7 Å². The first kappa shape index (κ1) is 32.0. The SMILES string of the molecule is CN1CCC(NC(=O)c2cccc3c2CCN(C(=O)c2cn(-c4cccc(Cl)c4F)nn2)C3C(=O)Cc2ccc(C(=O)O)cc2)CC1. The van der Waals surface area contributed by atoms with Gasteiger partial charge in [-0.3, -0.25) is 14.4 Å². The van der Waals surface area contributed by atoms with Gasteiger partial charge in [0.05, 0.1) is 16.8 Å². The van der Waals surface area contributed by atoms with Gasteiger partial charge in [-0.25, -0.2) is 13.9 Å². The molecule has 1 aromatic heterocycles. The molecule has 1 atom stereocenters. The molecule has 0 saturated carbocycles. The molecule has 2 N–H and O–H groups in total. The van der Waals surface area contributed by atoms with Gasteiger partial charge in [-0.15, -0.1) is 5.10 Å². The minimum Gasteiger partial charge on any atom is -0.478 e. The topological polar surface area (TPSA) is 138 Å². The molecule has 1 saturated heterocycles. The van der Waals surface area contributed by atoms with Crippen LogP contribution in [0.1, 0.15) is 66.8 Å². The molecule has 0 spiro atoms. The minimum atomic E-state index is -1.09. The molecule has 4 aromatic rings. The largest absolute Gasteiger partial charge is 0.478 e. The van der Waals surface area contributed by atoms with Crippen molar-refractivity contribution >= 4 is 35.2 Å². The smallest absolute Gasteiger partial charge is 0.335 e. The summed E-state index contributed by atoms with van der Waals surface area (Å²) in [5, 5.41) is 20.2. The van der Waals surface area contributed by atoms with E-state index in [0.29, 0.717) is 28.7 Å². The van der Waals surface area contributed by atoms with Gasteiger partial charge in [0.1, 0.15) is 11.7 Å². The molecule has 2 aliphatic rings. The Hall–Kier alpha value is -4.94. The molecule has 11 nitrogen and oxygen atoms in total. The van der Waals surface area contributed by atoms with Crippen LogP contribution >= 0.6 is 11.6 Å². The first-order chi connectivity index (χ1) is 22.6. The van der Waals surface area contributed by atoms with Crippen LogP contribution in [0.5, 0.6) is 0 Å². The van der Waals surface area contributed by atoms with E-state index in [-0.39, 0.29) is 52.7 Å². The molecule has 6 rings (SSSR count). The number of nitrogens with zero attached hydrogens (tertiary/aromatic N) is 5. The Morgan fingerprint density at radius 2 is 1.72 bits per heavy atom. The number of halogens is 2. The highest BCUT2D eigenvalue weighted by Crippen LogP contribution is 2.35.